The van der Waals surface area contributed by atoms with Crippen LogP contribution in [0.2, 0.25) is 0 Å². The zero-order valence-electron chi connectivity index (χ0n) is 11.4. The van der Waals surface area contributed by atoms with Gasteiger partial charge in [-0.25, -0.2) is 13.1 Å². The molecule has 0 heterocycles. The number of nitro benzene ring substituents is 1. The second-order valence-corrected chi connectivity index (χ2v) is 5.75. The Kier molecular flexibility index (Phi) is 8.18. The summed E-state index contributed by atoms with van der Waals surface area (Å²) in [6.07, 6.45) is 1.34. The summed E-state index contributed by atoms with van der Waals surface area (Å²) < 4.78 is 31.2. The highest BCUT2D eigenvalue weighted by Crippen LogP contribution is 2.29. The molecule has 0 aliphatic carbocycles. The van der Waals surface area contributed by atoms with Gasteiger partial charge in [-0.1, -0.05) is 0 Å². The highest BCUT2D eigenvalue weighted by molar-refractivity contribution is 7.89. The van der Waals surface area contributed by atoms with Gasteiger partial charge in [0.2, 0.25) is 10.0 Å². The van der Waals surface area contributed by atoms with Gasteiger partial charge in [0, 0.05) is 18.7 Å². The van der Waals surface area contributed by atoms with Crippen LogP contribution in [0.4, 0.5) is 5.69 Å². The monoisotopic (exact) mass is 339 g/mol. The molecular weight excluding hydrogens is 322 g/mol. The van der Waals surface area contributed by atoms with Gasteiger partial charge in [-0.2, -0.15) is 0 Å². The van der Waals surface area contributed by atoms with Gasteiger partial charge in [0.15, 0.2) is 5.75 Å². The largest absolute Gasteiger partial charge is 0.490 e. The molecule has 1 aromatic rings. The van der Waals surface area contributed by atoms with Crippen LogP contribution in [0.1, 0.15) is 12.8 Å². The molecule has 0 aliphatic heterocycles. The number of sulfonamides is 1. The Labute approximate surface area is 129 Å². The molecule has 3 N–H and O–H groups in total. The van der Waals surface area contributed by atoms with Gasteiger partial charge >= 0.3 is 5.69 Å². The smallest absolute Gasteiger partial charge is 0.310 e. The number of methoxy groups -OCH3 is 1. The predicted molar refractivity (Wildman–Crippen MR) is 80.4 cm³/mol. The fourth-order valence-corrected chi connectivity index (χ4v) is 2.62. The van der Waals surface area contributed by atoms with Gasteiger partial charge in [-0.3, -0.25) is 10.1 Å². The summed E-state index contributed by atoms with van der Waals surface area (Å²) >= 11 is 0. The Bertz CT molecular complexity index is 579. The van der Waals surface area contributed by atoms with Gasteiger partial charge in [-0.15, -0.1) is 12.4 Å². The van der Waals surface area contributed by atoms with Gasteiger partial charge in [0.05, 0.1) is 16.9 Å². The van der Waals surface area contributed by atoms with Crippen LogP contribution in [0.3, 0.4) is 0 Å². The molecule has 0 aromatic heterocycles. The number of hydrogen-bond donors (Lipinski definition) is 2. The first-order valence-electron chi connectivity index (χ1n) is 5.94. The average molecular weight is 340 g/mol. The molecule has 0 spiro atoms. The SMILES string of the molecule is COc1cc(S(=O)(=O)NCCCCN)ccc1[N+](=O)[O-].Cl. The van der Waals surface area contributed by atoms with E-state index in [0.29, 0.717) is 19.4 Å². The Morgan fingerprint density at radius 3 is 2.57 bits per heavy atom. The molecule has 120 valence electrons. The number of halogens is 1. The molecule has 1 aromatic carbocycles. The number of benzene rings is 1. The lowest BCUT2D eigenvalue weighted by molar-refractivity contribution is -0.385. The van der Waals surface area contributed by atoms with Crippen molar-refractivity contribution in [3.63, 3.8) is 0 Å². The van der Waals surface area contributed by atoms with Gasteiger partial charge in [-0.05, 0) is 25.5 Å². The van der Waals surface area contributed by atoms with Crippen molar-refractivity contribution < 1.29 is 18.1 Å². The first-order valence-corrected chi connectivity index (χ1v) is 7.43. The van der Waals surface area contributed by atoms with Crippen molar-refractivity contribution in [2.75, 3.05) is 20.2 Å². The van der Waals surface area contributed by atoms with Crippen molar-refractivity contribution in [3.05, 3.63) is 28.3 Å². The van der Waals surface area contributed by atoms with Crippen LogP contribution in [-0.2, 0) is 10.0 Å². The van der Waals surface area contributed by atoms with E-state index in [0.717, 1.165) is 12.1 Å². The van der Waals surface area contributed by atoms with Crippen LogP contribution < -0.4 is 15.2 Å². The standard InChI is InChI=1S/C11H17N3O5S.ClH/c1-19-11-8-9(4-5-10(11)14(15)16)20(17,18)13-7-3-2-6-12;/h4-5,8,13H,2-3,6-7,12H2,1H3;1H. The molecular formula is C11H18ClN3O5S. The number of ether oxygens (including phenoxy) is 1. The zero-order valence-corrected chi connectivity index (χ0v) is 13.1. The molecule has 0 saturated carbocycles. The molecule has 10 heteroatoms. The molecule has 8 nitrogen and oxygen atoms in total. The minimum atomic E-state index is -3.71. The second kappa shape index (κ2) is 8.78. The Hall–Kier alpha value is -1.42. The fourth-order valence-electron chi connectivity index (χ4n) is 1.54. The van der Waals surface area contributed by atoms with Crippen molar-refractivity contribution in [3.8, 4) is 5.75 Å². The van der Waals surface area contributed by atoms with Crippen LogP contribution in [0.15, 0.2) is 23.1 Å². The minimum absolute atomic E-state index is 0. The summed E-state index contributed by atoms with van der Waals surface area (Å²) in [5, 5.41) is 10.7. The van der Waals surface area contributed by atoms with Crippen molar-refractivity contribution in [2.24, 2.45) is 5.73 Å². The van der Waals surface area contributed by atoms with Crippen molar-refractivity contribution in [2.45, 2.75) is 17.7 Å². The zero-order chi connectivity index (χ0) is 15.2. The van der Waals surface area contributed by atoms with Crippen LogP contribution in [0.5, 0.6) is 5.75 Å². The van der Waals surface area contributed by atoms with E-state index in [9.17, 15) is 18.5 Å². The van der Waals surface area contributed by atoms with Crippen LogP contribution >= 0.6 is 12.4 Å². The highest BCUT2D eigenvalue weighted by atomic mass is 35.5. The molecule has 0 aliphatic rings. The highest BCUT2D eigenvalue weighted by Gasteiger charge is 2.20. The molecule has 0 saturated heterocycles. The Morgan fingerprint density at radius 2 is 2.05 bits per heavy atom. The summed E-state index contributed by atoms with van der Waals surface area (Å²) in [6.45, 7) is 0.756. The number of nitro groups is 1. The number of hydrogen-bond acceptors (Lipinski definition) is 6. The first kappa shape index (κ1) is 19.6. The van der Waals surface area contributed by atoms with E-state index in [1.165, 1.54) is 13.2 Å². The third kappa shape index (κ3) is 5.46. The number of nitrogens with zero attached hydrogens (tertiary/aromatic N) is 1. The van der Waals surface area contributed by atoms with Gasteiger partial charge < -0.3 is 10.5 Å². The van der Waals surface area contributed by atoms with Crippen LogP contribution in [0, 0.1) is 10.1 Å². The average Bonchev–Trinajstić information content (AvgIpc) is 2.42. The van der Waals surface area contributed by atoms with E-state index in [4.69, 9.17) is 10.5 Å². The van der Waals surface area contributed by atoms with E-state index < -0.39 is 14.9 Å². The quantitative estimate of drug-likeness (QED) is 0.414. The van der Waals surface area contributed by atoms with Crippen LogP contribution in [0.25, 0.3) is 0 Å². The fraction of sp³-hybridized carbons (Fsp3) is 0.455. The molecule has 0 unspecified atom stereocenters. The maximum atomic E-state index is 12.0. The Balaban J connectivity index is 0.00000400. The van der Waals surface area contributed by atoms with Crippen LogP contribution in [-0.4, -0.2) is 33.5 Å². The van der Waals surface area contributed by atoms with E-state index in [1.807, 2.05) is 0 Å². The summed E-state index contributed by atoms with van der Waals surface area (Å²) in [4.78, 5) is 10.0. The summed E-state index contributed by atoms with van der Waals surface area (Å²) in [5.74, 6) is -0.0974. The molecule has 0 bridgehead atoms. The lowest BCUT2D eigenvalue weighted by Crippen LogP contribution is -2.25. The first-order chi connectivity index (χ1) is 9.42. The summed E-state index contributed by atoms with van der Waals surface area (Å²) in [5.41, 5.74) is 5.03. The molecule has 0 fully saturated rings. The molecule has 0 amide bonds. The van der Waals surface area contributed by atoms with E-state index in [-0.39, 0.29) is 35.3 Å². The third-order valence-corrected chi connectivity index (χ3v) is 4.04. The molecule has 0 radical (unpaired) electrons. The molecule has 0 atom stereocenters. The van der Waals surface area contributed by atoms with Crippen molar-refractivity contribution >= 4 is 28.1 Å². The van der Waals surface area contributed by atoms with Gasteiger partial charge in [0.1, 0.15) is 0 Å². The van der Waals surface area contributed by atoms with E-state index >= 15 is 0 Å². The van der Waals surface area contributed by atoms with Crippen molar-refractivity contribution in [1.82, 2.24) is 4.72 Å². The minimum Gasteiger partial charge on any atom is -0.490 e. The number of nitrogens with two attached hydrogens (primary N) is 1. The number of nitrogens with one attached hydrogen (secondary N) is 1. The summed E-state index contributed by atoms with van der Waals surface area (Å²) in [7, 11) is -2.47. The van der Waals surface area contributed by atoms with E-state index in [2.05, 4.69) is 4.72 Å². The summed E-state index contributed by atoms with van der Waals surface area (Å²) in [6, 6.07) is 3.41. The maximum Gasteiger partial charge on any atom is 0.310 e. The van der Waals surface area contributed by atoms with Gasteiger partial charge in [0.25, 0.3) is 0 Å². The molecule has 1 rings (SSSR count). The van der Waals surface area contributed by atoms with Crippen molar-refractivity contribution in [1.29, 1.82) is 0 Å². The Morgan fingerprint density at radius 1 is 1.38 bits per heavy atom. The maximum absolute atomic E-state index is 12.0. The topological polar surface area (TPSA) is 125 Å². The molecule has 21 heavy (non-hydrogen) atoms. The second-order valence-electron chi connectivity index (χ2n) is 3.98. The lowest BCUT2D eigenvalue weighted by Gasteiger charge is -2.08. The number of unbranched alkanes of at least 4 members (excludes halogenated alkanes) is 1. The lowest BCUT2D eigenvalue weighted by atomic mass is 10.3. The normalized spacial score (nSPS) is 10.8. The van der Waals surface area contributed by atoms with E-state index in [1.54, 1.807) is 0 Å². The third-order valence-electron chi connectivity index (χ3n) is 2.58. The predicted octanol–water partition coefficient (Wildman–Crippen LogP) is 1.04. The number of rotatable bonds is 8.